The lowest BCUT2D eigenvalue weighted by Crippen LogP contribution is -2.30. The molecule has 1 unspecified atom stereocenters. The first-order valence-electron chi connectivity index (χ1n) is 8.15. The van der Waals surface area contributed by atoms with E-state index in [1.54, 1.807) is 0 Å². The summed E-state index contributed by atoms with van der Waals surface area (Å²) in [5.74, 6) is -0.138. The SMILES string of the molecule is CCCCCCCCCCCCNCC(I)C(=O)OC. The molecule has 0 spiro atoms. The zero-order valence-corrected chi connectivity index (χ0v) is 15.4. The standard InChI is InChI=1S/C16H32INO2/c1-3-4-5-6-7-8-9-10-11-12-13-18-14-15(17)16(19)20-2/h15,18H,3-14H2,1-2H3. The fraction of sp³-hybridized carbons (Fsp3) is 0.938. The minimum Gasteiger partial charge on any atom is -0.468 e. The number of rotatable bonds is 14. The van der Waals surface area contributed by atoms with Gasteiger partial charge in [0.05, 0.1) is 7.11 Å². The van der Waals surface area contributed by atoms with Crippen LogP contribution in [0.1, 0.15) is 71.1 Å². The lowest BCUT2D eigenvalue weighted by molar-refractivity contribution is -0.139. The van der Waals surface area contributed by atoms with Gasteiger partial charge in [-0.2, -0.15) is 0 Å². The molecule has 0 aromatic heterocycles. The second-order valence-corrected chi connectivity index (χ2v) is 6.88. The number of carbonyl (C=O) groups is 1. The maximum absolute atomic E-state index is 11.2. The average molecular weight is 397 g/mol. The summed E-state index contributed by atoms with van der Waals surface area (Å²) in [6.07, 6.45) is 13.6. The van der Waals surface area contributed by atoms with Gasteiger partial charge >= 0.3 is 5.97 Å². The van der Waals surface area contributed by atoms with E-state index in [4.69, 9.17) is 0 Å². The van der Waals surface area contributed by atoms with Gasteiger partial charge in [0.25, 0.3) is 0 Å². The maximum Gasteiger partial charge on any atom is 0.319 e. The zero-order valence-electron chi connectivity index (χ0n) is 13.3. The predicted molar refractivity (Wildman–Crippen MR) is 94.5 cm³/mol. The molecule has 0 fully saturated rings. The summed E-state index contributed by atoms with van der Waals surface area (Å²) in [6.45, 7) is 3.98. The van der Waals surface area contributed by atoms with E-state index in [9.17, 15) is 4.79 Å². The van der Waals surface area contributed by atoms with Crippen LogP contribution in [0.15, 0.2) is 0 Å². The van der Waals surface area contributed by atoms with Crippen molar-refractivity contribution < 1.29 is 9.53 Å². The van der Waals surface area contributed by atoms with Gasteiger partial charge in [0.15, 0.2) is 0 Å². The van der Waals surface area contributed by atoms with E-state index in [0.717, 1.165) is 6.54 Å². The number of halogens is 1. The molecule has 4 heteroatoms. The van der Waals surface area contributed by atoms with Gasteiger partial charge in [0.1, 0.15) is 3.92 Å². The number of nitrogens with one attached hydrogen (secondary N) is 1. The van der Waals surface area contributed by atoms with E-state index in [2.05, 4.69) is 39.6 Å². The van der Waals surface area contributed by atoms with Crippen LogP contribution in [0.2, 0.25) is 0 Å². The number of methoxy groups -OCH3 is 1. The van der Waals surface area contributed by atoms with Gasteiger partial charge in [-0.05, 0) is 13.0 Å². The Bertz CT molecular complexity index is 225. The molecule has 0 radical (unpaired) electrons. The Morgan fingerprint density at radius 3 is 2.00 bits per heavy atom. The Hall–Kier alpha value is 0.160. The first kappa shape index (κ1) is 20.2. The van der Waals surface area contributed by atoms with Crippen molar-refractivity contribution in [1.82, 2.24) is 5.32 Å². The van der Waals surface area contributed by atoms with Crippen LogP contribution in [0.5, 0.6) is 0 Å². The van der Waals surface area contributed by atoms with Crippen LogP contribution in [0.25, 0.3) is 0 Å². The van der Waals surface area contributed by atoms with Crippen LogP contribution in [-0.4, -0.2) is 30.1 Å². The maximum atomic E-state index is 11.2. The monoisotopic (exact) mass is 397 g/mol. The lowest BCUT2D eigenvalue weighted by Gasteiger charge is -2.09. The number of carbonyl (C=O) groups excluding carboxylic acids is 1. The molecular formula is C16H32INO2. The molecule has 0 rings (SSSR count). The third kappa shape index (κ3) is 13.2. The molecule has 0 aliphatic heterocycles. The lowest BCUT2D eigenvalue weighted by atomic mass is 10.1. The predicted octanol–water partition coefficient (Wildman–Crippen LogP) is 4.47. The van der Waals surface area contributed by atoms with Gasteiger partial charge < -0.3 is 10.1 Å². The average Bonchev–Trinajstić information content (AvgIpc) is 2.47. The summed E-state index contributed by atoms with van der Waals surface area (Å²) in [4.78, 5) is 11.2. The normalized spacial score (nSPS) is 12.3. The Morgan fingerprint density at radius 1 is 1.00 bits per heavy atom. The summed E-state index contributed by atoms with van der Waals surface area (Å²) in [7, 11) is 1.44. The molecule has 0 aliphatic rings. The summed E-state index contributed by atoms with van der Waals surface area (Å²) >= 11 is 2.12. The highest BCUT2D eigenvalue weighted by Crippen LogP contribution is 2.10. The van der Waals surface area contributed by atoms with E-state index in [0.29, 0.717) is 6.54 Å². The van der Waals surface area contributed by atoms with Crippen LogP contribution in [0.4, 0.5) is 0 Å². The quantitative estimate of drug-likeness (QED) is 0.203. The van der Waals surface area contributed by atoms with Gasteiger partial charge in [0, 0.05) is 6.54 Å². The minimum absolute atomic E-state index is 0.0688. The van der Waals surface area contributed by atoms with Gasteiger partial charge in [-0.25, -0.2) is 0 Å². The molecule has 0 heterocycles. The molecular weight excluding hydrogens is 365 g/mol. The van der Waals surface area contributed by atoms with Crippen molar-refractivity contribution in [3.05, 3.63) is 0 Å². The first-order valence-corrected chi connectivity index (χ1v) is 9.39. The topological polar surface area (TPSA) is 38.3 Å². The van der Waals surface area contributed by atoms with E-state index >= 15 is 0 Å². The smallest absolute Gasteiger partial charge is 0.319 e. The Kier molecular flexibility index (Phi) is 15.7. The second kappa shape index (κ2) is 15.5. The number of alkyl halides is 1. The second-order valence-electron chi connectivity index (χ2n) is 5.38. The third-order valence-electron chi connectivity index (χ3n) is 3.49. The Balaban J connectivity index is 3.11. The molecule has 0 saturated heterocycles. The van der Waals surface area contributed by atoms with Gasteiger partial charge in [-0.3, -0.25) is 4.79 Å². The van der Waals surface area contributed by atoms with Gasteiger partial charge in [0.2, 0.25) is 0 Å². The van der Waals surface area contributed by atoms with Crippen LogP contribution in [0.3, 0.4) is 0 Å². The number of unbranched alkanes of at least 4 members (excludes halogenated alkanes) is 9. The van der Waals surface area contributed by atoms with E-state index in [-0.39, 0.29) is 9.89 Å². The number of hydrogen-bond acceptors (Lipinski definition) is 3. The van der Waals surface area contributed by atoms with Crippen LogP contribution >= 0.6 is 22.6 Å². The molecule has 3 nitrogen and oxygen atoms in total. The van der Waals surface area contributed by atoms with Crippen molar-refractivity contribution in [2.45, 2.75) is 75.1 Å². The molecule has 20 heavy (non-hydrogen) atoms. The number of ether oxygens (including phenoxy) is 1. The van der Waals surface area contributed by atoms with E-state index < -0.39 is 0 Å². The molecule has 0 saturated carbocycles. The van der Waals surface area contributed by atoms with E-state index in [1.165, 1.54) is 71.3 Å². The first-order chi connectivity index (χ1) is 9.72. The summed E-state index contributed by atoms with van der Waals surface area (Å²) in [5, 5.41) is 3.32. The van der Waals surface area contributed by atoms with Crippen molar-refractivity contribution in [2.24, 2.45) is 0 Å². The summed E-state index contributed by atoms with van der Waals surface area (Å²) < 4.78 is 4.61. The molecule has 0 aromatic rings. The minimum atomic E-state index is -0.138. The van der Waals surface area contributed by atoms with Gasteiger partial charge in [-0.1, -0.05) is 87.3 Å². The van der Waals surface area contributed by atoms with Crippen molar-refractivity contribution in [1.29, 1.82) is 0 Å². The fourth-order valence-corrected chi connectivity index (χ4v) is 2.74. The number of esters is 1. The molecule has 0 bridgehead atoms. The van der Waals surface area contributed by atoms with Crippen LogP contribution in [-0.2, 0) is 9.53 Å². The van der Waals surface area contributed by atoms with Crippen LogP contribution in [0, 0.1) is 0 Å². The molecule has 0 aliphatic carbocycles. The van der Waals surface area contributed by atoms with Gasteiger partial charge in [-0.15, -0.1) is 0 Å². The van der Waals surface area contributed by atoms with Crippen molar-refractivity contribution in [3.8, 4) is 0 Å². The Morgan fingerprint density at radius 2 is 1.50 bits per heavy atom. The number of hydrogen-bond donors (Lipinski definition) is 1. The van der Waals surface area contributed by atoms with E-state index in [1.807, 2.05) is 0 Å². The highest BCUT2D eigenvalue weighted by molar-refractivity contribution is 14.1. The Labute approximate surface area is 138 Å². The fourth-order valence-electron chi connectivity index (χ4n) is 2.18. The van der Waals surface area contributed by atoms with Crippen molar-refractivity contribution >= 4 is 28.6 Å². The van der Waals surface area contributed by atoms with Crippen LogP contribution < -0.4 is 5.32 Å². The summed E-state index contributed by atoms with van der Waals surface area (Å²) in [6, 6.07) is 0. The third-order valence-corrected chi connectivity index (χ3v) is 4.44. The molecule has 1 N–H and O–H groups in total. The summed E-state index contributed by atoms with van der Waals surface area (Å²) in [5.41, 5.74) is 0. The molecule has 0 aromatic carbocycles. The highest BCUT2D eigenvalue weighted by Gasteiger charge is 2.13. The zero-order chi connectivity index (χ0) is 15.1. The van der Waals surface area contributed by atoms with Crippen molar-refractivity contribution in [3.63, 3.8) is 0 Å². The molecule has 0 amide bonds. The molecule has 1 atom stereocenters. The highest BCUT2D eigenvalue weighted by atomic mass is 127. The van der Waals surface area contributed by atoms with Crippen molar-refractivity contribution in [2.75, 3.05) is 20.2 Å². The molecule has 120 valence electrons. The largest absolute Gasteiger partial charge is 0.468 e.